The normalized spacial score (nSPS) is 14.5. The molecule has 1 aliphatic carbocycles. The highest BCUT2D eigenvalue weighted by Gasteiger charge is 2.21. The van der Waals surface area contributed by atoms with Crippen LogP contribution >= 0.6 is 0 Å². The Balaban J connectivity index is 1.91. The van der Waals surface area contributed by atoms with Gasteiger partial charge in [0.2, 0.25) is 5.91 Å². The van der Waals surface area contributed by atoms with Crippen molar-refractivity contribution in [2.24, 2.45) is 0 Å². The third-order valence-electron chi connectivity index (χ3n) is 3.11. The molecule has 1 aromatic carbocycles. The van der Waals surface area contributed by atoms with Crippen LogP contribution in [0.3, 0.4) is 0 Å². The van der Waals surface area contributed by atoms with Gasteiger partial charge in [-0.2, -0.15) is 0 Å². The molecule has 98 valence electrons. The fraction of sp³-hybridized carbons (Fsp3) is 0.500. The lowest BCUT2D eigenvalue weighted by Gasteiger charge is -2.21. The fourth-order valence-electron chi connectivity index (χ4n) is 1.97. The molecular weight excluding hydrogens is 228 g/mol. The highest BCUT2D eigenvalue weighted by atomic mass is 16.3. The Morgan fingerprint density at radius 1 is 1.50 bits per heavy atom. The summed E-state index contributed by atoms with van der Waals surface area (Å²) in [7, 11) is 0. The van der Waals surface area contributed by atoms with Crippen LogP contribution in [0.4, 0.5) is 5.69 Å². The number of anilines is 1. The molecule has 1 amide bonds. The summed E-state index contributed by atoms with van der Waals surface area (Å²) in [5.74, 6) is 0.283. The van der Waals surface area contributed by atoms with Crippen LogP contribution in [-0.4, -0.2) is 30.1 Å². The van der Waals surface area contributed by atoms with Crippen LogP contribution in [0.2, 0.25) is 0 Å². The Morgan fingerprint density at radius 2 is 2.28 bits per heavy atom. The van der Waals surface area contributed by atoms with E-state index in [-0.39, 0.29) is 11.7 Å². The monoisotopic (exact) mass is 248 g/mol. The Morgan fingerprint density at radius 3 is 2.89 bits per heavy atom. The molecule has 0 atom stereocenters. The zero-order valence-corrected chi connectivity index (χ0v) is 10.7. The van der Waals surface area contributed by atoms with Crippen LogP contribution < -0.4 is 10.2 Å². The number of nitrogens with zero attached hydrogens (tertiary/aromatic N) is 1. The number of rotatable bonds is 6. The second-order valence-corrected chi connectivity index (χ2v) is 4.64. The van der Waals surface area contributed by atoms with E-state index in [2.05, 4.69) is 5.32 Å². The summed E-state index contributed by atoms with van der Waals surface area (Å²) in [6, 6.07) is 7.46. The molecule has 0 unspecified atom stereocenters. The molecular formula is C14H20N2O2. The maximum atomic E-state index is 12.1. The average molecular weight is 248 g/mol. The van der Waals surface area contributed by atoms with E-state index in [0.29, 0.717) is 19.0 Å². The van der Waals surface area contributed by atoms with E-state index >= 15 is 0 Å². The molecule has 0 spiro atoms. The number of hydrogen-bond donors (Lipinski definition) is 2. The predicted octanol–water partition coefficient (Wildman–Crippen LogP) is 1.89. The minimum Gasteiger partial charge on any atom is -0.508 e. The van der Waals surface area contributed by atoms with Crippen molar-refractivity contribution in [1.29, 1.82) is 0 Å². The number of phenols is 1. The second-order valence-electron chi connectivity index (χ2n) is 4.64. The molecule has 1 fully saturated rings. The Labute approximate surface area is 108 Å². The lowest BCUT2D eigenvalue weighted by atomic mass is 10.2. The Hall–Kier alpha value is -1.55. The number of hydrogen-bond acceptors (Lipinski definition) is 3. The standard InChI is InChI=1S/C14H20N2O2/c1-2-16(12-4-3-5-13(17)10-12)14(18)8-9-15-11-6-7-11/h3-5,10-11,15,17H,2,6-9H2,1H3. The van der Waals surface area contributed by atoms with Crippen molar-refractivity contribution in [2.75, 3.05) is 18.0 Å². The van der Waals surface area contributed by atoms with Crippen molar-refractivity contribution in [3.63, 3.8) is 0 Å². The van der Waals surface area contributed by atoms with Gasteiger partial charge in [0.25, 0.3) is 0 Å². The summed E-state index contributed by atoms with van der Waals surface area (Å²) >= 11 is 0. The van der Waals surface area contributed by atoms with E-state index in [1.165, 1.54) is 12.8 Å². The molecule has 1 aromatic rings. The number of amides is 1. The van der Waals surface area contributed by atoms with Gasteiger partial charge in [-0.15, -0.1) is 0 Å². The van der Waals surface area contributed by atoms with Gasteiger partial charge < -0.3 is 15.3 Å². The lowest BCUT2D eigenvalue weighted by molar-refractivity contribution is -0.118. The maximum absolute atomic E-state index is 12.1. The molecule has 4 nitrogen and oxygen atoms in total. The predicted molar refractivity (Wildman–Crippen MR) is 71.8 cm³/mol. The molecule has 2 N–H and O–H groups in total. The average Bonchev–Trinajstić information content (AvgIpc) is 3.14. The van der Waals surface area contributed by atoms with Crippen LogP contribution in [0.1, 0.15) is 26.2 Å². The molecule has 1 aliphatic rings. The van der Waals surface area contributed by atoms with Crippen molar-refractivity contribution in [3.05, 3.63) is 24.3 Å². The molecule has 18 heavy (non-hydrogen) atoms. The van der Waals surface area contributed by atoms with E-state index in [1.807, 2.05) is 13.0 Å². The van der Waals surface area contributed by atoms with E-state index in [1.54, 1.807) is 23.1 Å². The third-order valence-corrected chi connectivity index (χ3v) is 3.11. The molecule has 4 heteroatoms. The first-order chi connectivity index (χ1) is 8.70. The van der Waals surface area contributed by atoms with Gasteiger partial charge in [-0.25, -0.2) is 0 Å². The Bertz CT molecular complexity index is 416. The molecule has 0 radical (unpaired) electrons. The number of nitrogens with one attached hydrogen (secondary N) is 1. The van der Waals surface area contributed by atoms with Crippen LogP contribution in [0.5, 0.6) is 5.75 Å². The maximum Gasteiger partial charge on any atom is 0.228 e. The van der Waals surface area contributed by atoms with Gasteiger partial charge in [0.05, 0.1) is 0 Å². The second kappa shape index (κ2) is 5.87. The molecule has 1 saturated carbocycles. The van der Waals surface area contributed by atoms with Gasteiger partial charge in [-0.1, -0.05) is 6.07 Å². The van der Waals surface area contributed by atoms with Crippen molar-refractivity contribution < 1.29 is 9.90 Å². The minimum atomic E-state index is 0.0938. The summed E-state index contributed by atoms with van der Waals surface area (Å²) < 4.78 is 0. The van der Waals surface area contributed by atoms with Crippen LogP contribution in [-0.2, 0) is 4.79 Å². The highest BCUT2D eigenvalue weighted by Crippen LogP contribution is 2.21. The largest absolute Gasteiger partial charge is 0.508 e. The van der Waals surface area contributed by atoms with E-state index in [9.17, 15) is 9.90 Å². The van der Waals surface area contributed by atoms with Gasteiger partial charge >= 0.3 is 0 Å². The van der Waals surface area contributed by atoms with Gasteiger partial charge in [0.1, 0.15) is 5.75 Å². The first kappa shape index (κ1) is 12.9. The molecule has 2 rings (SSSR count). The SMILES string of the molecule is CCN(C(=O)CCNC1CC1)c1cccc(O)c1. The molecule has 0 aliphatic heterocycles. The third kappa shape index (κ3) is 3.47. The summed E-state index contributed by atoms with van der Waals surface area (Å²) in [6.45, 7) is 3.29. The van der Waals surface area contributed by atoms with Crippen molar-refractivity contribution in [1.82, 2.24) is 5.32 Å². The van der Waals surface area contributed by atoms with Gasteiger partial charge in [0, 0.05) is 37.3 Å². The number of carbonyl (C=O) groups is 1. The first-order valence-corrected chi connectivity index (χ1v) is 6.53. The van der Waals surface area contributed by atoms with Gasteiger partial charge in [-0.05, 0) is 31.9 Å². The number of phenolic OH excluding ortho intramolecular Hbond substituents is 1. The van der Waals surface area contributed by atoms with Gasteiger partial charge in [0.15, 0.2) is 0 Å². The van der Waals surface area contributed by atoms with Gasteiger partial charge in [-0.3, -0.25) is 4.79 Å². The lowest BCUT2D eigenvalue weighted by Crippen LogP contribution is -2.33. The fourth-order valence-corrected chi connectivity index (χ4v) is 1.97. The van der Waals surface area contributed by atoms with Crippen LogP contribution in [0.15, 0.2) is 24.3 Å². The number of aromatic hydroxyl groups is 1. The number of carbonyl (C=O) groups excluding carboxylic acids is 1. The molecule has 0 saturated heterocycles. The van der Waals surface area contributed by atoms with Crippen molar-refractivity contribution in [2.45, 2.75) is 32.2 Å². The summed E-state index contributed by atoms with van der Waals surface area (Å²) in [4.78, 5) is 13.8. The number of benzene rings is 1. The van der Waals surface area contributed by atoms with Crippen LogP contribution in [0.25, 0.3) is 0 Å². The van der Waals surface area contributed by atoms with Crippen LogP contribution in [0, 0.1) is 0 Å². The van der Waals surface area contributed by atoms with E-state index in [0.717, 1.165) is 12.2 Å². The van der Waals surface area contributed by atoms with Crippen molar-refractivity contribution in [3.8, 4) is 5.75 Å². The highest BCUT2D eigenvalue weighted by molar-refractivity contribution is 5.93. The summed E-state index contributed by atoms with van der Waals surface area (Å²) in [5.41, 5.74) is 0.758. The quantitative estimate of drug-likeness (QED) is 0.808. The molecule has 0 heterocycles. The zero-order valence-electron chi connectivity index (χ0n) is 10.7. The topological polar surface area (TPSA) is 52.6 Å². The first-order valence-electron chi connectivity index (χ1n) is 6.53. The molecule has 0 bridgehead atoms. The van der Waals surface area contributed by atoms with Crippen molar-refractivity contribution >= 4 is 11.6 Å². The summed E-state index contributed by atoms with van der Waals surface area (Å²) in [6.07, 6.45) is 2.97. The zero-order chi connectivity index (χ0) is 13.0. The summed E-state index contributed by atoms with van der Waals surface area (Å²) in [5, 5.41) is 12.8. The Kier molecular flexibility index (Phi) is 4.20. The van der Waals surface area contributed by atoms with E-state index < -0.39 is 0 Å². The van der Waals surface area contributed by atoms with E-state index in [4.69, 9.17) is 0 Å². The smallest absolute Gasteiger partial charge is 0.228 e. The molecule has 0 aromatic heterocycles. The minimum absolute atomic E-state index is 0.0938.